The molecule has 1 N–H and O–H groups in total. The maximum absolute atomic E-state index is 12.1. The second kappa shape index (κ2) is 6.11. The van der Waals surface area contributed by atoms with Gasteiger partial charge >= 0.3 is 0 Å². The van der Waals surface area contributed by atoms with Crippen molar-refractivity contribution < 1.29 is 22.7 Å². The Bertz CT molecular complexity index is 659. The summed E-state index contributed by atoms with van der Waals surface area (Å²) in [7, 11) is -0.174. The minimum Gasteiger partial charge on any atom is -0.495 e. The molecule has 1 unspecified atom stereocenters. The molecule has 1 heterocycles. The molecule has 0 bridgehead atoms. The third-order valence-electron chi connectivity index (χ3n) is 3.34. The highest BCUT2D eigenvalue weighted by molar-refractivity contribution is 7.91. The molecular formula is C13H16ClNO5S. The summed E-state index contributed by atoms with van der Waals surface area (Å²) in [4.78, 5) is 12.1. The molecule has 6 nitrogen and oxygen atoms in total. The van der Waals surface area contributed by atoms with Crippen LogP contribution in [0.4, 0.5) is 5.69 Å². The average Bonchev–Trinajstić information content (AvgIpc) is 2.79. The van der Waals surface area contributed by atoms with Crippen molar-refractivity contribution in [2.45, 2.75) is 6.42 Å². The largest absolute Gasteiger partial charge is 0.495 e. The summed E-state index contributed by atoms with van der Waals surface area (Å²) >= 11 is 6.02. The summed E-state index contributed by atoms with van der Waals surface area (Å²) in [5.41, 5.74) is 0.387. The highest BCUT2D eigenvalue weighted by Crippen LogP contribution is 2.36. The summed E-state index contributed by atoms with van der Waals surface area (Å²) in [6.45, 7) is 0. The van der Waals surface area contributed by atoms with Crippen LogP contribution < -0.4 is 14.8 Å². The molecule has 2 rings (SSSR count). The number of halogens is 1. The van der Waals surface area contributed by atoms with Gasteiger partial charge in [0.25, 0.3) is 0 Å². The monoisotopic (exact) mass is 333 g/mol. The zero-order valence-corrected chi connectivity index (χ0v) is 13.3. The molecule has 1 aliphatic rings. The Hall–Kier alpha value is -1.47. The van der Waals surface area contributed by atoms with Crippen molar-refractivity contribution in [1.29, 1.82) is 0 Å². The van der Waals surface area contributed by atoms with Crippen LogP contribution in [0.1, 0.15) is 6.42 Å². The van der Waals surface area contributed by atoms with Crippen molar-refractivity contribution >= 4 is 33.0 Å². The van der Waals surface area contributed by atoms with Crippen molar-refractivity contribution in [3.8, 4) is 11.5 Å². The van der Waals surface area contributed by atoms with E-state index in [0.717, 1.165) is 0 Å². The summed E-state index contributed by atoms with van der Waals surface area (Å²) in [6, 6.07) is 3.07. The van der Waals surface area contributed by atoms with Crippen LogP contribution in [-0.4, -0.2) is 40.1 Å². The van der Waals surface area contributed by atoms with E-state index in [0.29, 0.717) is 28.6 Å². The smallest absolute Gasteiger partial charge is 0.228 e. The molecule has 1 aromatic rings. The minimum atomic E-state index is -3.11. The Morgan fingerprint density at radius 1 is 1.29 bits per heavy atom. The van der Waals surface area contributed by atoms with Crippen LogP contribution in [0.25, 0.3) is 0 Å². The summed E-state index contributed by atoms with van der Waals surface area (Å²) < 4.78 is 33.1. The first-order valence-electron chi connectivity index (χ1n) is 6.29. The van der Waals surface area contributed by atoms with Crippen molar-refractivity contribution in [2.24, 2.45) is 5.92 Å². The van der Waals surface area contributed by atoms with E-state index in [1.807, 2.05) is 0 Å². The summed E-state index contributed by atoms with van der Waals surface area (Å²) in [6.07, 6.45) is 0.334. The number of nitrogens with one attached hydrogen (secondary N) is 1. The van der Waals surface area contributed by atoms with Crippen LogP contribution in [0.2, 0.25) is 5.02 Å². The third-order valence-corrected chi connectivity index (χ3v) is 5.40. The average molecular weight is 334 g/mol. The van der Waals surface area contributed by atoms with Crippen LogP contribution in [0.3, 0.4) is 0 Å². The fourth-order valence-corrected chi connectivity index (χ4v) is 4.18. The molecule has 0 radical (unpaired) electrons. The van der Waals surface area contributed by atoms with E-state index in [9.17, 15) is 13.2 Å². The normalized spacial score (nSPS) is 20.0. The number of carbonyl (C=O) groups is 1. The van der Waals surface area contributed by atoms with Crippen molar-refractivity contribution in [3.05, 3.63) is 17.2 Å². The molecular weight excluding hydrogens is 318 g/mol. The lowest BCUT2D eigenvalue weighted by atomic mass is 10.1. The molecule has 1 saturated heterocycles. The molecule has 1 aromatic carbocycles. The molecule has 0 spiro atoms. The summed E-state index contributed by atoms with van der Waals surface area (Å²) in [5.74, 6) is -0.145. The highest BCUT2D eigenvalue weighted by atomic mass is 35.5. The van der Waals surface area contributed by atoms with E-state index >= 15 is 0 Å². The Morgan fingerprint density at radius 3 is 2.48 bits per heavy atom. The fourth-order valence-electron chi connectivity index (χ4n) is 2.19. The number of carbonyl (C=O) groups excluding carboxylic acids is 1. The highest BCUT2D eigenvalue weighted by Gasteiger charge is 2.33. The number of hydrogen-bond donors (Lipinski definition) is 1. The Labute approximate surface area is 128 Å². The van der Waals surface area contributed by atoms with Crippen LogP contribution in [0.15, 0.2) is 12.1 Å². The molecule has 1 aliphatic heterocycles. The van der Waals surface area contributed by atoms with Gasteiger partial charge in [-0.3, -0.25) is 4.79 Å². The zero-order valence-electron chi connectivity index (χ0n) is 11.7. The number of rotatable bonds is 4. The number of amides is 1. The Morgan fingerprint density at radius 2 is 1.95 bits per heavy atom. The van der Waals surface area contributed by atoms with Crippen LogP contribution in [0.5, 0.6) is 11.5 Å². The lowest BCUT2D eigenvalue weighted by molar-refractivity contribution is -0.119. The first-order chi connectivity index (χ1) is 9.86. The van der Waals surface area contributed by atoms with Gasteiger partial charge in [-0.05, 0) is 12.5 Å². The van der Waals surface area contributed by atoms with Gasteiger partial charge in [-0.25, -0.2) is 8.42 Å². The molecule has 1 amide bonds. The molecule has 1 fully saturated rings. The molecule has 116 valence electrons. The van der Waals surface area contributed by atoms with Crippen LogP contribution >= 0.6 is 11.6 Å². The van der Waals surface area contributed by atoms with Gasteiger partial charge in [-0.15, -0.1) is 0 Å². The van der Waals surface area contributed by atoms with Gasteiger partial charge in [-0.2, -0.15) is 0 Å². The number of methoxy groups -OCH3 is 2. The fraction of sp³-hybridized carbons (Fsp3) is 0.462. The lowest BCUT2D eigenvalue weighted by Crippen LogP contribution is -2.24. The van der Waals surface area contributed by atoms with E-state index in [1.165, 1.54) is 20.3 Å². The number of anilines is 1. The summed E-state index contributed by atoms with van der Waals surface area (Å²) in [5, 5.41) is 2.99. The Kier molecular flexibility index (Phi) is 4.63. The van der Waals surface area contributed by atoms with E-state index in [2.05, 4.69) is 5.32 Å². The SMILES string of the molecule is COc1cc(OC)c(NC(=O)C2CCS(=O)(=O)C2)cc1Cl. The molecule has 0 saturated carbocycles. The van der Waals surface area contributed by atoms with E-state index in [4.69, 9.17) is 21.1 Å². The molecule has 21 heavy (non-hydrogen) atoms. The number of sulfone groups is 1. The lowest BCUT2D eigenvalue weighted by Gasteiger charge is -2.14. The van der Waals surface area contributed by atoms with Gasteiger partial charge < -0.3 is 14.8 Å². The van der Waals surface area contributed by atoms with Gasteiger partial charge in [0.2, 0.25) is 5.91 Å². The van der Waals surface area contributed by atoms with E-state index < -0.39 is 15.8 Å². The second-order valence-corrected chi connectivity index (χ2v) is 7.41. The maximum atomic E-state index is 12.1. The zero-order chi connectivity index (χ0) is 15.6. The minimum absolute atomic E-state index is 0.0472. The van der Waals surface area contributed by atoms with Gasteiger partial charge in [0.05, 0.1) is 42.4 Å². The maximum Gasteiger partial charge on any atom is 0.228 e. The third kappa shape index (κ3) is 3.59. The molecule has 1 atom stereocenters. The first-order valence-corrected chi connectivity index (χ1v) is 8.49. The van der Waals surface area contributed by atoms with Gasteiger partial charge in [-0.1, -0.05) is 11.6 Å². The van der Waals surface area contributed by atoms with Crippen molar-refractivity contribution in [1.82, 2.24) is 0 Å². The van der Waals surface area contributed by atoms with Gasteiger partial charge in [0.1, 0.15) is 11.5 Å². The standard InChI is InChI=1S/C13H16ClNO5S/c1-19-11-6-12(20-2)10(5-9(11)14)15-13(16)8-3-4-21(17,18)7-8/h5-6,8H,3-4,7H2,1-2H3,(H,15,16). The van der Waals surface area contributed by atoms with Crippen LogP contribution in [0, 0.1) is 5.92 Å². The van der Waals surface area contributed by atoms with Gasteiger partial charge in [0, 0.05) is 6.07 Å². The predicted molar refractivity (Wildman–Crippen MR) is 79.9 cm³/mol. The van der Waals surface area contributed by atoms with Gasteiger partial charge in [0.15, 0.2) is 9.84 Å². The van der Waals surface area contributed by atoms with Crippen LogP contribution in [-0.2, 0) is 14.6 Å². The molecule has 0 aliphatic carbocycles. The number of benzene rings is 1. The second-order valence-electron chi connectivity index (χ2n) is 4.78. The van der Waals surface area contributed by atoms with E-state index in [1.54, 1.807) is 6.07 Å². The van der Waals surface area contributed by atoms with Crippen molar-refractivity contribution in [3.63, 3.8) is 0 Å². The molecule has 8 heteroatoms. The molecule has 0 aromatic heterocycles. The predicted octanol–water partition coefficient (Wildman–Crippen LogP) is 1.73. The topological polar surface area (TPSA) is 81.7 Å². The Balaban J connectivity index is 2.19. The number of hydrogen-bond acceptors (Lipinski definition) is 5. The number of ether oxygens (including phenoxy) is 2. The first kappa shape index (κ1) is 15.9. The van der Waals surface area contributed by atoms with E-state index in [-0.39, 0.29) is 17.4 Å². The van der Waals surface area contributed by atoms with Crippen molar-refractivity contribution in [2.75, 3.05) is 31.0 Å². The quantitative estimate of drug-likeness (QED) is 0.907.